The minimum absolute atomic E-state index is 0.0423. The van der Waals surface area contributed by atoms with Crippen molar-refractivity contribution in [3.8, 4) is 5.75 Å². The summed E-state index contributed by atoms with van der Waals surface area (Å²) in [5.41, 5.74) is 0. The average Bonchev–Trinajstić information content (AvgIpc) is 2.47. The van der Waals surface area contributed by atoms with Gasteiger partial charge in [0.2, 0.25) is 10.0 Å². The Morgan fingerprint density at radius 2 is 2.10 bits per heavy atom. The van der Waals surface area contributed by atoms with Crippen molar-refractivity contribution >= 4 is 16.0 Å². The number of sulfonamides is 1. The van der Waals surface area contributed by atoms with E-state index in [-0.39, 0.29) is 31.0 Å². The molecule has 1 N–H and O–H groups in total. The highest BCUT2D eigenvalue weighted by molar-refractivity contribution is 7.89. The van der Waals surface area contributed by atoms with Crippen molar-refractivity contribution in [2.24, 2.45) is 0 Å². The van der Waals surface area contributed by atoms with E-state index in [0.717, 1.165) is 0 Å². The Morgan fingerprint density at radius 3 is 2.67 bits per heavy atom. The molecule has 1 aromatic rings. The molecule has 8 heteroatoms. The summed E-state index contributed by atoms with van der Waals surface area (Å²) in [7, 11) is -2.15. The van der Waals surface area contributed by atoms with Crippen LogP contribution in [0.5, 0.6) is 5.75 Å². The van der Waals surface area contributed by atoms with Gasteiger partial charge in [0.05, 0.1) is 31.1 Å². The Bertz CT molecular complexity index is 598. The molecule has 1 unspecified atom stereocenters. The van der Waals surface area contributed by atoms with Gasteiger partial charge in [-0.05, 0) is 24.3 Å². The average molecular weight is 315 g/mol. The Kier molecular flexibility index (Phi) is 4.81. The molecule has 0 amide bonds. The van der Waals surface area contributed by atoms with E-state index in [1.54, 1.807) is 12.1 Å². The lowest BCUT2D eigenvalue weighted by atomic mass is 10.2. The van der Waals surface area contributed by atoms with Gasteiger partial charge in [-0.1, -0.05) is 0 Å². The molecule has 0 radical (unpaired) electrons. The molecule has 1 aliphatic heterocycles. The first-order valence-electron chi connectivity index (χ1n) is 6.41. The second-order valence-corrected chi connectivity index (χ2v) is 6.57. The zero-order chi connectivity index (χ0) is 15.5. The van der Waals surface area contributed by atoms with Crippen LogP contribution in [-0.2, 0) is 19.6 Å². The SMILES string of the molecule is COc1ccc(S(=O)(=O)N2CCOC(CC(=O)O)C2)cc1. The number of nitrogens with zero attached hydrogens (tertiary/aromatic N) is 1. The van der Waals surface area contributed by atoms with E-state index in [9.17, 15) is 13.2 Å². The van der Waals surface area contributed by atoms with E-state index < -0.39 is 22.1 Å². The molecular weight excluding hydrogens is 298 g/mol. The maximum Gasteiger partial charge on any atom is 0.306 e. The summed E-state index contributed by atoms with van der Waals surface area (Å²) >= 11 is 0. The Balaban J connectivity index is 2.15. The van der Waals surface area contributed by atoms with Crippen molar-refractivity contribution in [2.75, 3.05) is 26.8 Å². The number of morpholine rings is 1. The molecule has 1 aromatic carbocycles. The predicted molar refractivity (Wildman–Crippen MR) is 73.7 cm³/mol. The Morgan fingerprint density at radius 1 is 1.43 bits per heavy atom. The largest absolute Gasteiger partial charge is 0.497 e. The number of carboxylic acids is 1. The monoisotopic (exact) mass is 315 g/mol. The minimum atomic E-state index is -3.65. The van der Waals surface area contributed by atoms with Crippen LogP contribution in [0.2, 0.25) is 0 Å². The van der Waals surface area contributed by atoms with Gasteiger partial charge in [-0.2, -0.15) is 4.31 Å². The minimum Gasteiger partial charge on any atom is -0.497 e. The third kappa shape index (κ3) is 3.72. The highest BCUT2D eigenvalue weighted by Gasteiger charge is 2.31. The number of carbonyl (C=O) groups is 1. The lowest BCUT2D eigenvalue weighted by Gasteiger charge is -2.31. The van der Waals surface area contributed by atoms with Crippen LogP contribution in [0.4, 0.5) is 0 Å². The molecular formula is C13H17NO6S. The standard InChI is InChI=1S/C13H17NO6S/c1-19-10-2-4-12(5-3-10)21(17,18)14-6-7-20-11(9-14)8-13(15)16/h2-5,11H,6-9H2,1H3,(H,15,16). The summed E-state index contributed by atoms with van der Waals surface area (Å²) in [6.07, 6.45) is -0.835. The number of carboxylic acid groups (broad SMARTS) is 1. The van der Waals surface area contributed by atoms with Gasteiger partial charge in [0.15, 0.2) is 0 Å². The molecule has 7 nitrogen and oxygen atoms in total. The van der Waals surface area contributed by atoms with Crippen molar-refractivity contribution < 1.29 is 27.8 Å². The van der Waals surface area contributed by atoms with Crippen LogP contribution in [0, 0.1) is 0 Å². The molecule has 21 heavy (non-hydrogen) atoms. The third-order valence-corrected chi connectivity index (χ3v) is 5.08. The summed E-state index contributed by atoms with van der Waals surface area (Å²) in [6.45, 7) is 0.443. The number of hydrogen-bond donors (Lipinski definition) is 1. The number of rotatable bonds is 5. The van der Waals surface area contributed by atoms with Gasteiger partial charge in [0.25, 0.3) is 0 Å². The number of ether oxygens (including phenoxy) is 2. The maximum absolute atomic E-state index is 12.5. The molecule has 0 bridgehead atoms. The summed E-state index contributed by atoms with van der Waals surface area (Å²) in [5, 5.41) is 8.77. The van der Waals surface area contributed by atoms with Gasteiger partial charge in [-0.3, -0.25) is 4.79 Å². The van der Waals surface area contributed by atoms with E-state index in [1.807, 2.05) is 0 Å². The maximum atomic E-state index is 12.5. The Hall–Kier alpha value is -1.64. The van der Waals surface area contributed by atoms with Crippen LogP contribution >= 0.6 is 0 Å². The number of methoxy groups -OCH3 is 1. The quantitative estimate of drug-likeness (QED) is 0.853. The predicted octanol–water partition coefficient (Wildman–Crippen LogP) is 0.559. The second kappa shape index (κ2) is 6.42. The van der Waals surface area contributed by atoms with Crippen LogP contribution in [0.15, 0.2) is 29.2 Å². The summed E-state index contributed by atoms with van der Waals surface area (Å²) in [5.74, 6) is -0.441. The van der Waals surface area contributed by atoms with Gasteiger partial charge in [0.1, 0.15) is 5.75 Å². The molecule has 2 rings (SSSR count). The lowest BCUT2D eigenvalue weighted by Crippen LogP contribution is -2.46. The van der Waals surface area contributed by atoms with Crippen molar-refractivity contribution in [3.63, 3.8) is 0 Å². The number of aliphatic carboxylic acids is 1. The van der Waals surface area contributed by atoms with Crippen LogP contribution in [0.3, 0.4) is 0 Å². The molecule has 1 fully saturated rings. The van der Waals surface area contributed by atoms with Gasteiger partial charge in [-0.25, -0.2) is 8.42 Å². The van der Waals surface area contributed by atoms with Crippen LogP contribution in [0.1, 0.15) is 6.42 Å². The molecule has 1 saturated heterocycles. The van der Waals surface area contributed by atoms with Gasteiger partial charge in [0, 0.05) is 13.1 Å². The van der Waals surface area contributed by atoms with Crippen LogP contribution in [0.25, 0.3) is 0 Å². The molecule has 0 aliphatic carbocycles. The Labute approximate surface area is 123 Å². The van der Waals surface area contributed by atoms with Gasteiger partial charge in [-0.15, -0.1) is 0 Å². The molecule has 0 spiro atoms. The first kappa shape index (κ1) is 15.7. The smallest absolute Gasteiger partial charge is 0.306 e. The van der Waals surface area contributed by atoms with Crippen molar-refractivity contribution in [1.82, 2.24) is 4.31 Å². The topological polar surface area (TPSA) is 93.1 Å². The summed E-state index contributed by atoms with van der Waals surface area (Å²) in [6, 6.07) is 6.08. The first-order chi connectivity index (χ1) is 9.93. The summed E-state index contributed by atoms with van der Waals surface area (Å²) in [4.78, 5) is 10.9. The zero-order valence-corrected chi connectivity index (χ0v) is 12.4. The van der Waals surface area contributed by atoms with Crippen molar-refractivity contribution in [2.45, 2.75) is 17.4 Å². The third-order valence-electron chi connectivity index (χ3n) is 3.20. The highest BCUT2D eigenvalue weighted by atomic mass is 32.2. The molecule has 1 aliphatic rings. The van der Waals surface area contributed by atoms with E-state index >= 15 is 0 Å². The van der Waals surface area contributed by atoms with E-state index in [1.165, 1.54) is 23.5 Å². The first-order valence-corrected chi connectivity index (χ1v) is 7.85. The van der Waals surface area contributed by atoms with E-state index in [4.69, 9.17) is 14.6 Å². The van der Waals surface area contributed by atoms with E-state index in [2.05, 4.69) is 0 Å². The van der Waals surface area contributed by atoms with Crippen LogP contribution in [-0.4, -0.2) is 56.7 Å². The molecule has 1 heterocycles. The molecule has 0 aromatic heterocycles. The van der Waals surface area contributed by atoms with Crippen LogP contribution < -0.4 is 4.74 Å². The lowest BCUT2D eigenvalue weighted by molar-refractivity contribution is -0.141. The second-order valence-electron chi connectivity index (χ2n) is 4.63. The van der Waals surface area contributed by atoms with Crippen molar-refractivity contribution in [3.05, 3.63) is 24.3 Å². The van der Waals surface area contributed by atoms with Gasteiger partial charge >= 0.3 is 5.97 Å². The zero-order valence-electron chi connectivity index (χ0n) is 11.6. The van der Waals surface area contributed by atoms with Crippen molar-refractivity contribution in [1.29, 1.82) is 0 Å². The fourth-order valence-corrected chi connectivity index (χ4v) is 3.58. The fraction of sp³-hybridized carbons (Fsp3) is 0.462. The highest BCUT2D eigenvalue weighted by Crippen LogP contribution is 2.22. The van der Waals surface area contributed by atoms with Gasteiger partial charge < -0.3 is 14.6 Å². The molecule has 1 atom stereocenters. The molecule has 116 valence electrons. The number of benzene rings is 1. The molecule has 0 saturated carbocycles. The number of hydrogen-bond acceptors (Lipinski definition) is 5. The normalized spacial score (nSPS) is 20.1. The van der Waals surface area contributed by atoms with E-state index in [0.29, 0.717) is 5.75 Å². The fourth-order valence-electron chi connectivity index (χ4n) is 2.13. The summed E-state index contributed by atoms with van der Waals surface area (Å²) < 4.78 is 36.5.